The van der Waals surface area contributed by atoms with Crippen LogP contribution in [0.25, 0.3) is 0 Å². The number of ether oxygens (including phenoxy) is 3. The predicted octanol–water partition coefficient (Wildman–Crippen LogP) is 5.22. The summed E-state index contributed by atoms with van der Waals surface area (Å²) in [6.45, 7) is -0.0754. The van der Waals surface area contributed by atoms with Crippen molar-refractivity contribution < 1.29 is 32.6 Å². The van der Waals surface area contributed by atoms with E-state index in [0.29, 0.717) is 19.3 Å². The molecule has 3 saturated carbocycles. The molecule has 0 saturated heterocycles. The van der Waals surface area contributed by atoms with Crippen molar-refractivity contribution in [3.05, 3.63) is 94.0 Å². The summed E-state index contributed by atoms with van der Waals surface area (Å²) >= 11 is 11.4. The molecule has 1 atom stereocenters. The van der Waals surface area contributed by atoms with Gasteiger partial charge in [-0.15, -0.1) is 0 Å². The first kappa shape index (κ1) is 28.1. The number of carbonyl (C=O) groups is 2. The lowest BCUT2D eigenvalue weighted by atomic mass is 9.44. The molecular weight excluding hydrogens is 565 g/mol. The monoisotopic (exact) mass is 590 g/mol. The third-order valence-corrected chi connectivity index (χ3v) is 7.54. The largest absolute Gasteiger partial charge is 0.484 e. The number of hydrogen-bond donors (Lipinski definition) is 2. The van der Waals surface area contributed by atoms with E-state index < -0.39 is 34.7 Å². The molecule has 0 aliphatic heterocycles. The van der Waals surface area contributed by atoms with E-state index in [1.807, 2.05) is 30.3 Å². The van der Waals surface area contributed by atoms with Crippen molar-refractivity contribution in [3.8, 4) is 11.5 Å². The van der Waals surface area contributed by atoms with Crippen molar-refractivity contribution in [3.63, 3.8) is 0 Å². The minimum atomic E-state index is -1.04. The van der Waals surface area contributed by atoms with Crippen molar-refractivity contribution in [2.24, 2.45) is 0 Å². The van der Waals surface area contributed by atoms with E-state index in [4.69, 9.17) is 37.4 Å². The minimum Gasteiger partial charge on any atom is -0.484 e. The van der Waals surface area contributed by atoms with Gasteiger partial charge in [-0.25, -0.2) is 8.78 Å². The van der Waals surface area contributed by atoms with Crippen LogP contribution in [0.4, 0.5) is 8.78 Å². The number of nitrogens with one attached hydrogen (secondary N) is 2. The van der Waals surface area contributed by atoms with Crippen LogP contribution in [0.1, 0.15) is 24.8 Å². The van der Waals surface area contributed by atoms with Crippen LogP contribution in [0.2, 0.25) is 10.0 Å². The number of amides is 2. The average Bonchev–Trinajstić information content (AvgIpc) is 2.89. The number of benzene rings is 3. The minimum absolute atomic E-state index is 0.0336. The summed E-state index contributed by atoms with van der Waals surface area (Å²) in [5.74, 6) is -1.71. The van der Waals surface area contributed by atoms with Gasteiger partial charge < -0.3 is 24.8 Å². The Labute approximate surface area is 239 Å². The second kappa shape index (κ2) is 11.6. The molecule has 0 spiro atoms. The lowest BCUT2D eigenvalue weighted by Crippen LogP contribution is -2.84. The second-order valence-corrected chi connectivity index (χ2v) is 11.0. The van der Waals surface area contributed by atoms with Crippen LogP contribution < -0.4 is 20.1 Å². The summed E-state index contributed by atoms with van der Waals surface area (Å²) in [4.78, 5) is 25.6. The van der Waals surface area contributed by atoms with Crippen LogP contribution >= 0.6 is 23.2 Å². The van der Waals surface area contributed by atoms with Gasteiger partial charge in [0, 0.05) is 23.2 Å². The first-order chi connectivity index (χ1) is 19.1. The number of carbonyl (C=O) groups excluding carboxylic acids is 2. The molecule has 40 heavy (non-hydrogen) atoms. The standard InChI is InChI=1S/C29H26Cl2F2N2O5/c30-21-8-6-19(10-23(21)32)39-14-26(36)34-28-15-29(16-28,17-28)35-27(37)25(13-38-12-18-4-2-1-3-5-18)40-20-7-9-22(31)24(33)11-20/h1-11,25H,12-17H2,(H,34,36)(H,35,37)/t25-,28?,29?/m1/s1. The maximum absolute atomic E-state index is 14.0. The quantitative estimate of drug-likeness (QED) is 0.302. The highest BCUT2D eigenvalue weighted by Crippen LogP contribution is 2.60. The SMILES string of the molecule is O=C(COc1ccc(Cl)c(F)c1)NC12CC(NC(=O)[C@@H](COCc3ccccc3)Oc3ccc(Cl)c(F)c3)(C1)C2. The van der Waals surface area contributed by atoms with Gasteiger partial charge in [0.15, 0.2) is 12.7 Å². The first-order valence-corrected chi connectivity index (χ1v) is 13.3. The topological polar surface area (TPSA) is 85.9 Å². The Balaban J connectivity index is 1.13. The van der Waals surface area contributed by atoms with E-state index in [1.54, 1.807) is 0 Å². The van der Waals surface area contributed by atoms with Gasteiger partial charge in [-0.2, -0.15) is 0 Å². The summed E-state index contributed by atoms with van der Waals surface area (Å²) in [5.41, 5.74) is 0.0244. The molecule has 3 aromatic carbocycles. The molecule has 0 radical (unpaired) electrons. The first-order valence-electron chi connectivity index (χ1n) is 12.6. The lowest BCUT2D eigenvalue weighted by molar-refractivity contribution is -0.155. The smallest absolute Gasteiger partial charge is 0.263 e. The Kier molecular flexibility index (Phi) is 8.16. The maximum atomic E-state index is 14.0. The molecule has 6 rings (SSSR count). The van der Waals surface area contributed by atoms with Gasteiger partial charge in [-0.1, -0.05) is 53.5 Å². The summed E-state index contributed by atoms with van der Waals surface area (Å²) in [5, 5.41) is 5.87. The van der Waals surface area contributed by atoms with Gasteiger partial charge in [0.2, 0.25) is 0 Å². The van der Waals surface area contributed by atoms with Gasteiger partial charge >= 0.3 is 0 Å². The summed E-state index contributed by atoms with van der Waals surface area (Å²) < 4.78 is 44.4. The molecule has 3 fully saturated rings. The highest BCUT2D eigenvalue weighted by molar-refractivity contribution is 6.31. The molecule has 3 aromatic rings. The van der Waals surface area contributed by atoms with Crippen LogP contribution in [0.15, 0.2) is 66.7 Å². The third-order valence-electron chi connectivity index (χ3n) is 6.93. The molecule has 0 unspecified atom stereocenters. The molecule has 7 nitrogen and oxygen atoms in total. The van der Waals surface area contributed by atoms with Crippen LogP contribution in [0.5, 0.6) is 11.5 Å². The van der Waals surface area contributed by atoms with Crippen molar-refractivity contribution >= 4 is 35.0 Å². The number of rotatable bonds is 12. The fourth-order valence-corrected chi connectivity index (χ4v) is 5.41. The third kappa shape index (κ3) is 6.49. The lowest BCUT2D eigenvalue weighted by Gasteiger charge is -2.70. The van der Waals surface area contributed by atoms with Gasteiger partial charge in [-0.3, -0.25) is 9.59 Å². The molecule has 3 aliphatic carbocycles. The zero-order valence-electron chi connectivity index (χ0n) is 21.2. The second-order valence-electron chi connectivity index (χ2n) is 10.2. The fraction of sp³-hybridized carbons (Fsp3) is 0.310. The Bertz CT molecular complexity index is 1390. The van der Waals surface area contributed by atoms with Gasteiger partial charge in [0.25, 0.3) is 11.8 Å². The highest BCUT2D eigenvalue weighted by Gasteiger charge is 2.69. The maximum Gasteiger partial charge on any atom is 0.263 e. The highest BCUT2D eigenvalue weighted by atomic mass is 35.5. The molecular formula is C29H26Cl2F2N2O5. The molecule has 0 aromatic heterocycles. The van der Waals surface area contributed by atoms with E-state index in [2.05, 4.69) is 10.6 Å². The Morgan fingerprint density at radius 2 is 1.45 bits per heavy atom. The summed E-state index contributed by atoms with van der Waals surface area (Å²) in [6, 6.07) is 17.4. The Morgan fingerprint density at radius 1 is 0.850 bits per heavy atom. The van der Waals surface area contributed by atoms with E-state index in [-0.39, 0.29) is 47.3 Å². The molecule has 11 heteroatoms. The van der Waals surface area contributed by atoms with Crippen molar-refractivity contribution in [1.82, 2.24) is 10.6 Å². The van der Waals surface area contributed by atoms with Crippen molar-refractivity contribution in [2.75, 3.05) is 13.2 Å². The zero-order chi connectivity index (χ0) is 28.3. The predicted molar refractivity (Wildman–Crippen MR) is 144 cm³/mol. The fourth-order valence-electron chi connectivity index (χ4n) is 5.18. The molecule has 2 N–H and O–H groups in total. The van der Waals surface area contributed by atoms with Crippen molar-refractivity contribution in [1.29, 1.82) is 0 Å². The normalized spacial score (nSPS) is 21.4. The van der Waals surface area contributed by atoms with E-state index in [0.717, 1.165) is 17.7 Å². The number of halogens is 4. The molecule has 3 aliphatic rings. The average molecular weight is 591 g/mol. The Morgan fingerprint density at radius 3 is 2.10 bits per heavy atom. The molecule has 0 heterocycles. The van der Waals surface area contributed by atoms with Gasteiger partial charge in [0.1, 0.15) is 23.1 Å². The molecule has 2 amide bonds. The van der Waals surface area contributed by atoms with E-state index in [1.165, 1.54) is 24.3 Å². The number of hydrogen-bond acceptors (Lipinski definition) is 5. The molecule has 210 valence electrons. The van der Waals surface area contributed by atoms with E-state index >= 15 is 0 Å². The van der Waals surface area contributed by atoms with Crippen molar-refractivity contribution in [2.45, 2.75) is 43.1 Å². The van der Waals surface area contributed by atoms with Gasteiger partial charge in [-0.05, 0) is 49.1 Å². The van der Waals surface area contributed by atoms with E-state index in [9.17, 15) is 18.4 Å². The van der Waals surface area contributed by atoms with Crippen LogP contribution in [-0.4, -0.2) is 42.2 Å². The van der Waals surface area contributed by atoms with Crippen LogP contribution in [-0.2, 0) is 20.9 Å². The molecule has 2 bridgehead atoms. The zero-order valence-corrected chi connectivity index (χ0v) is 22.7. The summed E-state index contributed by atoms with van der Waals surface area (Å²) in [6.07, 6.45) is 0.581. The Hall–Kier alpha value is -3.40. The van der Waals surface area contributed by atoms with Gasteiger partial charge in [0.05, 0.1) is 23.3 Å². The summed E-state index contributed by atoms with van der Waals surface area (Å²) in [7, 11) is 0. The van der Waals surface area contributed by atoms with Crippen LogP contribution in [0, 0.1) is 11.6 Å². The van der Waals surface area contributed by atoms with Crippen LogP contribution in [0.3, 0.4) is 0 Å².